The maximum atomic E-state index is 5.06. The van der Waals surface area contributed by atoms with Gasteiger partial charge in [-0.1, -0.05) is 25.3 Å². The van der Waals surface area contributed by atoms with E-state index in [9.17, 15) is 0 Å². The fourth-order valence-electron chi connectivity index (χ4n) is 0.394. The summed E-state index contributed by atoms with van der Waals surface area (Å²) in [5.41, 5.74) is 1.45. The minimum absolute atomic E-state index is 0.646. The van der Waals surface area contributed by atoms with Gasteiger partial charge in [-0.25, -0.2) is 0 Å². The molecule has 0 fully saturated rings. The van der Waals surface area contributed by atoms with Gasteiger partial charge in [-0.15, -0.1) is 0 Å². The Morgan fingerprint density at radius 3 is 2.44 bits per heavy atom. The second-order valence-electron chi connectivity index (χ2n) is 1.65. The molecule has 0 atom stereocenters. The Bertz CT molecular complexity index is 147. The zero-order valence-corrected chi connectivity index (χ0v) is 5.65. The van der Waals surface area contributed by atoms with Gasteiger partial charge in [0.1, 0.15) is 0 Å². The van der Waals surface area contributed by atoms with Crippen molar-refractivity contribution in [1.29, 1.82) is 0 Å². The van der Waals surface area contributed by atoms with Crippen molar-refractivity contribution < 1.29 is 0 Å². The van der Waals surface area contributed by atoms with Gasteiger partial charge >= 0.3 is 0 Å². The molecule has 1 nitrogen and oxygen atoms in total. The lowest BCUT2D eigenvalue weighted by Gasteiger charge is -2.01. The van der Waals surface area contributed by atoms with Crippen LogP contribution in [0.3, 0.4) is 0 Å². The third-order valence-corrected chi connectivity index (χ3v) is 0.930. The highest BCUT2D eigenvalue weighted by Crippen LogP contribution is 2.00. The van der Waals surface area contributed by atoms with E-state index in [4.69, 9.17) is 7.98 Å². The lowest BCUT2D eigenvalue weighted by atomic mass is 10.2. The highest BCUT2D eigenvalue weighted by molar-refractivity contribution is 6.05. The molecule has 0 saturated carbocycles. The average Bonchev–Trinajstić information content (AvgIpc) is 1.87. The Kier molecular flexibility index (Phi) is 3.61. The van der Waals surface area contributed by atoms with Gasteiger partial charge in [-0.05, 0) is 12.5 Å². The van der Waals surface area contributed by atoms with E-state index in [1.165, 1.54) is 0 Å². The van der Waals surface area contributed by atoms with Gasteiger partial charge in [-0.3, -0.25) is 0 Å². The summed E-state index contributed by atoms with van der Waals surface area (Å²) in [6.45, 7) is 9.20. The zero-order chi connectivity index (χ0) is 7.28. The van der Waals surface area contributed by atoms with Gasteiger partial charge in [0.25, 0.3) is 0 Å². The third kappa shape index (κ3) is 2.80. The number of rotatable bonds is 3. The maximum absolute atomic E-state index is 5.06. The lowest BCUT2D eigenvalue weighted by Crippen LogP contribution is -2.06. The van der Waals surface area contributed by atoms with Crippen LogP contribution >= 0.6 is 0 Å². The molecule has 9 heavy (non-hydrogen) atoms. The predicted octanol–water partition coefficient (Wildman–Crippen LogP) is 1.31. The van der Waals surface area contributed by atoms with E-state index < -0.39 is 0 Å². The standard InChI is InChI=1S/C7H10BN/c1-4-5-6(2)7(3)9-8/h4-5,9H,2-3H2,1H3/b5-4-. The summed E-state index contributed by atoms with van der Waals surface area (Å²) in [6, 6.07) is 0. The smallest absolute Gasteiger partial charge is 0.222 e. The van der Waals surface area contributed by atoms with E-state index in [1.54, 1.807) is 0 Å². The SMILES string of the molecule is [B]NC(=C)C(=C)/C=C\C. The maximum Gasteiger partial charge on any atom is 0.222 e. The first kappa shape index (κ1) is 8.08. The van der Waals surface area contributed by atoms with Crippen molar-refractivity contribution in [2.75, 3.05) is 0 Å². The molecule has 46 valence electrons. The van der Waals surface area contributed by atoms with Crippen LogP contribution in [0.25, 0.3) is 0 Å². The molecule has 1 N–H and O–H groups in total. The van der Waals surface area contributed by atoms with E-state index >= 15 is 0 Å². The first-order valence-corrected chi connectivity index (χ1v) is 2.70. The Hall–Kier alpha value is -0.915. The van der Waals surface area contributed by atoms with Crippen LogP contribution in [0.1, 0.15) is 6.92 Å². The van der Waals surface area contributed by atoms with Gasteiger partial charge in [0, 0.05) is 5.70 Å². The second kappa shape index (κ2) is 4.01. The average molecular weight is 119 g/mol. The molecule has 0 aliphatic rings. The van der Waals surface area contributed by atoms with E-state index in [-0.39, 0.29) is 0 Å². The molecule has 0 heterocycles. The molecular weight excluding hydrogens is 109 g/mol. The Labute approximate surface area is 57.6 Å². The van der Waals surface area contributed by atoms with Crippen LogP contribution in [-0.4, -0.2) is 7.98 Å². The fourth-order valence-corrected chi connectivity index (χ4v) is 0.394. The summed E-state index contributed by atoms with van der Waals surface area (Å²) in [4.78, 5) is 0. The summed E-state index contributed by atoms with van der Waals surface area (Å²) in [6.07, 6.45) is 3.72. The molecule has 0 aliphatic carbocycles. The molecule has 2 heteroatoms. The van der Waals surface area contributed by atoms with Gasteiger partial charge in [0.05, 0.1) is 0 Å². The van der Waals surface area contributed by atoms with Crippen molar-refractivity contribution in [3.63, 3.8) is 0 Å². The Morgan fingerprint density at radius 1 is 1.56 bits per heavy atom. The number of hydrogen-bond donors (Lipinski definition) is 1. The topological polar surface area (TPSA) is 12.0 Å². The quantitative estimate of drug-likeness (QED) is 0.436. The minimum atomic E-state index is 0.646. The Balaban J connectivity index is 3.89. The number of hydrogen-bond acceptors (Lipinski definition) is 1. The van der Waals surface area contributed by atoms with Crippen LogP contribution < -0.4 is 5.23 Å². The molecule has 2 radical (unpaired) electrons. The van der Waals surface area contributed by atoms with Gasteiger partial charge in [0.15, 0.2) is 0 Å². The first-order valence-electron chi connectivity index (χ1n) is 2.70. The molecule has 0 aromatic carbocycles. The molecule has 0 aliphatic heterocycles. The van der Waals surface area contributed by atoms with Gasteiger partial charge < -0.3 is 5.23 Å². The molecule has 0 bridgehead atoms. The molecule has 0 aromatic heterocycles. The third-order valence-electron chi connectivity index (χ3n) is 0.930. The van der Waals surface area contributed by atoms with Crippen LogP contribution in [0.15, 0.2) is 36.6 Å². The molecule has 0 spiro atoms. The summed E-state index contributed by atoms with van der Waals surface area (Å²) >= 11 is 0. The fraction of sp³-hybridized carbons (Fsp3) is 0.143. The van der Waals surface area contributed by atoms with Crippen molar-refractivity contribution in [1.82, 2.24) is 5.23 Å². The van der Waals surface area contributed by atoms with Crippen molar-refractivity contribution in [2.24, 2.45) is 0 Å². The van der Waals surface area contributed by atoms with Crippen LogP contribution in [0, 0.1) is 0 Å². The zero-order valence-electron chi connectivity index (χ0n) is 5.65. The van der Waals surface area contributed by atoms with Gasteiger partial charge in [-0.2, -0.15) is 0 Å². The Morgan fingerprint density at radius 2 is 2.11 bits per heavy atom. The second-order valence-corrected chi connectivity index (χ2v) is 1.65. The number of nitrogens with one attached hydrogen (secondary N) is 1. The molecule has 0 aromatic rings. The lowest BCUT2D eigenvalue weighted by molar-refractivity contribution is 1.24. The predicted molar refractivity (Wildman–Crippen MR) is 42.0 cm³/mol. The monoisotopic (exact) mass is 119 g/mol. The highest BCUT2D eigenvalue weighted by atomic mass is 14.7. The molecule has 0 saturated heterocycles. The minimum Gasteiger partial charge on any atom is -0.437 e. The van der Waals surface area contributed by atoms with Crippen molar-refractivity contribution >= 4 is 7.98 Å². The van der Waals surface area contributed by atoms with Crippen molar-refractivity contribution in [2.45, 2.75) is 6.92 Å². The first-order chi connectivity index (χ1) is 4.22. The largest absolute Gasteiger partial charge is 0.437 e. The molecule has 0 amide bonds. The summed E-state index contributed by atoms with van der Waals surface area (Å²) in [5, 5.41) is 2.40. The summed E-state index contributed by atoms with van der Waals surface area (Å²) in [5.74, 6) is 0. The van der Waals surface area contributed by atoms with E-state index in [1.807, 2.05) is 19.1 Å². The van der Waals surface area contributed by atoms with Crippen LogP contribution in [0.4, 0.5) is 0 Å². The van der Waals surface area contributed by atoms with Crippen molar-refractivity contribution in [3.05, 3.63) is 36.6 Å². The van der Waals surface area contributed by atoms with Crippen LogP contribution in [0.5, 0.6) is 0 Å². The normalized spacial score (nSPS) is 9.44. The molecule has 0 rings (SSSR count). The van der Waals surface area contributed by atoms with E-state index in [0.29, 0.717) is 5.70 Å². The molecular formula is C7H10BN. The molecule has 0 unspecified atom stereocenters. The summed E-state index contributed by atoms with van der Waals surface area (Å²) < 4.78 is 0. The highest BCUT2D eigenvalue weighted by Gasteiger charge is 1.87. The van der Waals surface area contributed by atoms with Crippen LogP contribution in [0.2, 0.25) is 0 Å². The van der Waals surface area contributed by atoms with Gasteiger partial charge in [0.2, 0.25) is 7.98 Å². The van der Waals surface area contributed by atoms with E-state index in [2.05, 4.69) is 18.4 Å². The van der Waals surface area contributed by atoms with Crippen LogP contribution in [-0.2, 0) is 0 Å². The van der Waals surface area contributed by atoms with Crippen molar-refractivity contribution in [3.8, 4) is 0 Å². The number of allylic oxidation sites excluding steroid dienone is 2. The van der Waals surface area contributed by atoms with E-state index in [0.717, 1.165) is 5.57 Å². The summed E-state index contributed by atoms with van der Waals surface area (Å²) in [7, 11) is 5.06.